The number of fused-ring (bicyclic) bond motifs is 1. The SMILES string of the molecule is O=c1c2ccc(F)cc2ncn1CCOc1ccccc1. The summed E-state index contributed by atoms with van der Waals surface area (Å²) in [5.41, 5.74) is 0.164. The standard InChI is InChI=1S/C16H13FN2O2/c17-12-6-7-14-15(10-12)18-11-19(16(14)20)8-9-21-13-4-2-1-3-5-13/h1-7,10-11H,8-9H2. The van der Waals surface area contributed by atoms with Crippen LogP contribution in [-0.2, 0) is 6.54 Å². The van der Waals surface area contributed by atoms with Gasteiger partial charge in [0, 0.05) is 6.07 Å². The van der Waals surface area contributed by atoms with Gasteiger partial charge in [-0.3, -0.25) is 9.36 Å². The molecule has 0 aliphatic rings. The van der Waals surface area contributed by atoms with Gasteiger partial charge in [-0.2, -0.15) is 0 Å². The van der Waals surface area contributed by atoms with E-state index in [1.54, 1.807) is 0 Å². The molecule has 0 spiro atoms. The van der Waals surface area contributed by atoms with Crippen molar-refractivity contribution in [3.8, 4) is 5.75 Å². The summed E-state index contributed by atoms with van der Waals surface area (Å²) < 4.78 is 20.1. The van der Waals surface area contributed by atoms with Gasteiger partial charge >= 0.3 is 0 Å². The molecule has 21 heavy (non-hydrogen) atoms. The first-order valence-corrected chi connectivity index (χ1v) is 6.56. The number of para-hydroxylation sites is 1. The number of rotatable bonds is 4. The van der Waals surface area contributed by atoms with E-state index in [0.29, 0.717) is 24.1 Å². The second-order valence-electron chi connectivity index (χ2n) is 4.57. The Balaban J connectivity index is 1.77. The topological polar surface area (TPSA) is 44.1 Å². The Bertz CT molecular complexity index is 815. The minimum atomic E-state index is -0.403. The number of hydrogen-bond donors (Lipinski definition) is 0. The Morgan fingerprint density at radius 1 is 1.14 bits per heavy atom. The largest absolute Gasteiger partial charge is 0.492 e. The lowest BCUT2D eigenvalue weighted by Crippen LogP contribution is -2.23. The third-order valence-electron chi connectivity index (χ3n) is 3.13. The molecule has 0 saturated heterocycles. The molecule has 0 unspecified atom stereocenters. The third kappa shape index (κ3) is 2.91. The Kier molecular flexibility index (Phi) is 3.64. The van der Waals surface area contributed by atoms with Gasteiger partial charge in [0.15, 0.2) is 0 Å². The molecule has 0 N–H and O–H groups in total. The van der Waals surface area contributed by atoms with Gasteiger partial charge in [-0.25, -0.2) is 9.37 Å². The first-order chi connectivity index (χ1) is 10.2. The summed E-state index contributed by atoms with van der Waals surface area (Å²) in [5, 5.41) is 0.401. The summed E-state index contributed by atoms with van der Waals surface area (Å²) >= 11 is 0. The summed E-state index contributed by atoms with van der Waals surface area (Å²) in [6, 6.07) is 13.3. The van der Waals surface area contributed by atoms with Crippen molar-refractivity contribution in [3.63, 3.8) is 0 Å². The molecule has 0 aliphatic carbocycles. The first kappa shape index (κ1) is 13.3. The van der Waals surface area contributed by atoms with Crippen molar-refractivity contribution in [1.82, 2.24) is 9.55 Å². The molecule has 5 heteroatoms. The number of ether oxygens (including phenoxy) is 1. The van der Waals surface area contributed by atoms with Crippen LogP contribution in [0.15, 0.2) is 59.7 Å². The highest BCUT2D eigenvalue weighted by Crippen LogP contribution is 2.09. The van der Waals surface area contributed by atoms with Crippen LogP contribution in [0.1, 0.15) is 0 Å². The zero-order valence-corrected chi connectivity index (χ0v) is 11.2. The summed E-state index contributed by atoms with van der Waals surface area (Å²) in [6.45, 7) is 0.742. The third-order valence-corrected chi connectivity index (χ3v) is 3.13. The minimum absolute atomic E-state index is 0.198. The smallest absolute Gasteiger partial charge is 0.261 e. The number of nitrogens with zero attached hydrogens (tertiary/aromatic N) is 2. The Morgan fingerprint density at radius 2 is 1.95 bits per heavy atom. The fourth-order valence-corrected chi connectivity index (χ4v) is 2.07. The van der Waals surface area contributed by atoms with Crippen molar-refractivity contribution in [2.45, 2.75) is 6.54 Å². The van der Waals surface area contributed by atoms with E-state index in [9.17, 15) is 9.18 Å². The van der Waals surface area contributed by atoms with Crippen LogP contribution in [0.25, 0.3) is 10.9 Å². The van der Waals surface area contributed by atoms with E-state index in [2.05, 4.69) is 4.98 Å². The highest BCUT2D eigenvalue weighted by Gasteiger charge is 2.05. The van der Waals surface area contributed by atoms with Crippen molar-refractivity contribution >= 4 is 10.9 Å². The number of hydrogen-bond acceptors (Lipinski definition) is 3. The second kappa shape index (κ2) is 5.75. The molecule has 4 nitrogen and oxygen atoms in total. The van der Waals surface area contributed by atoms with Crippen LogP contribution in [0, 0.1) is 5.82 Å². The van der Waals surface area contributed by atoms with Crippen molar-refractivity contribution in [2.75, 3.05) is 6.61 Å². The van der Waals surface area contributed by atoms with Crippen molar-refractivity contribution in [2.24, 2.45) is 0 Å². The predicted octanol–water partition coefficient (Wildman–Crippen LogP) is 2.61. The maximum Gasteiger partial charge on any atom is 0.261 e. The number of halogens is 1. The maximum absolute atomic E-state index is 13.1. The van der Waals surface area contributed by atoms with Gasteiger partial charge in [0.25, 0.3) is 5.56 Å². The van der Waals surface area contributed by atoms with Gasteiger partial charge < -0.3 is 4.74 Å². The average molecular weight is 284 g/mol. The van der Waals surface area contributed by atoms with Gasteiger partial charge in [-0.05, 0) is 24.3 Å². The molecule has 0 aliphatic heterocycles. The van der Waals surface area contributed by atoms with Crippen molar-refractivity contribution in [1.29, 1.82) is 0 Å². The highest BCUT2D eigenvalue weighted by atomic mass is 19.1. The molecule has 3 aromatic rings. The predicted molar refractivity (Wildman–Crippen MR) is 77.9 cm³/mol. The van der Waals surface area contributed by atoms with E-state index < -0.39 is 5.82 Å². The van der Waals surface area contributed by atoms with E-state index in [4.69, 9.17) is 4.74 Å². The molecule has 0 radical (unpaired) electrons. The lowest BCUT2D eigenvalue weighted by Gasteiger charge is -2.08. The average Bonchev–Trinajstić information content (AvgIpc) is 2.50. The lowest BCUT2D eigenvalue weighted by molar-refractivity contribution is 0.296. The second-order valence-corrected chi connectivity index (χ2v) is 4.57. The normalized spacial score (nSPS) is 10.7. The van der Waals surface area contributed by atoms with Gasteiger partial charge in [0.2, 0.25) is 0 Å². The molecule has 0 atom stereocenters. The van der Waals surface area contributed by atoms with Gasteiger partial charge in [0.1, 0.15) is 18.2 Å². The van der Waals surface area contributed by atoms with Crippen LogP contribution in [0.2, 0.25) is 0 Å². The van der Waals surface area contributed by atoms with E-state index in [0.717, 1.165) is 5.75 Å². The molecule has 1 aromatic heterocycles. The van der Waals surface area contributed by atoms with E-state index in [1.807, 2.05) is 30.3 Å². The van der Waals surface area contributed by atoms with E-state index >= 15 is 0 Å². The summed E-state index contributed by atoms with van der Waals surface area (Å²) in [5.74, 6) is 0.348. The molecule has 0 bridgehead atoms. The van der Waals surface area contributed by atoms with Crippen LogP contribution in [0.4, 0.5) is 4.39 Å². The number of benzene rings is 2. The first-order valence-electron chi connectivity index (χ1n) is 6.56. The van der Waals surface area contributed by atoms with Crippen LogP contribution >= 0.6 is 0 Å². The molecule has 2 aromatic carbocycles. The molecule has 0 saturated carbocycles. The summed E-state index contributed by atoms with van der Waals surface area (Å²) in [6.07, 6.45) is 1.42. The molecule has 3 rings (SSSR count). The highest BCUT2D eigenvalue weighted by molar-refractivity contribution is 5.77. The van der Waals surface area contributed by atoms with Crippen molar-refractivity contribution in [3.05, 3.63) is 71.0 Å². The molecule has 1 heterocycles. The van der Waals surface area contributed by atoms with Gasteiger partial charge in [0.05, 0.1) is 23.8 Å². The lowest BCUT2D eigenvalue weighted by atomic mass is 10.2. The summed E-state index contributed by atoms with van der Waals surface area (Å²) in [4.78, 5) is 16.3. The molecule has 0 amide bonds. The van der Waals surface area contributed by atoms with Crippen molar-refractivity contribution < 1.29 is 9.13 Å². The quantitative estimate of drug-likeness (QED) is 0.739. The minimum Gasteiger partial charge on any atom is -0.492 e. The van der Waals surface area contributed by atoms with E-state index in [-0.39, 0.29) is 5.56 Å². The number of aromatic nitrogens is 2. The molecule has 0 fully saturated rings. The zero-order valence-electron chi connectivity index (χ0n) is 11.2. The Labute approximate surface area is 120 Å². The van der Waals surface area contributed by atoms with Crippen LogP contribution < -0.4 is 10.3 Å². The zero-order chi connectivity index (χ0) is 14.7. The van der Waals surface area contributed by atoms with Gasteiger partial charge in [-0.15, -0.1) is 0 Å². The van der Waals surface area contributed by atoms with Crippen LogP contribution in [0.5, 0.6) is 5.75 Å². The maximum atomic E-state index is 13.1. The Morgan fingerprint density at radius 3 is 2.76 bits per heavy atom. The fraction of sp³-hybridized carbons (Fsp3) is 0.125. The molecular formula is C16H13FN2O2. The summed E-state index contributed by atoms with van der Waals surface area (Å²) in [7, 11) is 0. The van der Waals surface area contributed by atoms with Gasteiger partial charge in [-0.1, -0.05) is 18.2 Å². The molecule has 106 valence electrons. The van der Waals surface area contributed by atoms with Crippen LogP contribution in [-0.4, -0.2) is 16.2 Å². The van der Waals surface area contributed by atoms with E-state index in [1.165, 1.54) is 29.1 Å². The fourth-order valence-electron chi connectivity index (χ4n) is 2.07. The van der Waals surface area contributed by atoms with Crippen LogP contribution in [0.3, 0.4) is 0 Å². The Hall–Kier alpha value is -2.69. The molecular weight excluding hydrogens is 271 g/mol. The monoisotopic (exact) mass is 284 g/mol.